The van der Waals surface area contributed by atoms with Crippen molar-refractivity contribution in [2.75, 3.05) is 13.3 Å². The van der Waals surface area contributed by atoms with Crippen LogP contribution in [0.15, 0.2) is 42.6 Å². The molecule has 1 aromatic rings. The zero-order valence-corrected chi connectivity index (χ0v) is 10.6. The average molecular weight is 261 g/mol. The molecule has 0 amide bonds. The fraction of sp³-hybridized carbons (Fsp3) is 0.214. The molecule has 2 rings (SSSR count). The summed E-state index contributed by atoms with van der Waals surface area (Å²) < 4.78 is 15.5. The summed E-state index contributed by atoms with van der Waals surface area (Å²) >= 11 is 0. The van der Waals surface area contributed by atoms with E-state index in [2.05, 4.69) is 11.9 Å². The molecule has 1 aliphatic heterocycles. The van der Waals surface area contributed by atoms with Crippen LogP contribution in [0, 0.1) is 0 Å². The van der Waals surface area contributed by atoms with Crippen LogP contribution in [0.1, 0.15) is 6.92 Å². The topological polar surface area (TPSA) is 56.8 Å². The largest absolute Gasteiger partial charge is 0.454 e. The molecule has 0 spiro atoms. The van der Waals surface area contributed by atoms with Crippen LogP contribution in [-0.2, 0) is 4.79 Å². The molecule has 0 aliphatic carbocycles. The normalized spacial score (nSPS) is 13.0. The smallest absolute Gasteiger partial charge is 0.337 e. The molecular formula is C14H15NO4. The van der Waals surface area contributed by atoms with Gasteiger partial charge in [-0.3, -0.25) is 0 Å². The van der Waals surface area contributed by atoms with Crippen molar-refractivity contribution in [3.05, 3.63) is 42.6 Å². The molecule has 5 nitrogen and oxygen atoms in total. The molecule has 100 valence electrons. The molecular weight excluding hydrogens is 246 g/mol. The van der Waals surface area contributed by atoms with Crippen LogP contribution in [0.25, 0.3) is 0 Å². The number of carbonyl (C=O) groups excluding carboxylic acids is 1. The number of rotatable bonds is 5. The van der Waals surface area contributed by atoms with Crippen molar-refractivity contribution in [1.29, 1.82) is 0 Å². The Balaban J connectivity index is 1.97. The number of carbonyl (C=O) groups is 1. The first kappa shape index (κ1) is 13.0. The van der Waals surface area contributed by atoms with Gasteiger partial charge in [0.25, 0.3) is 0 Å². The van der Waals surface area contributed by atoms with E-state index in [4.69, 9.17) is 14.2 Å². The molecule has 0 unspecified atom stereocenters. The maximum absolute atomic E-state index is 11.6. The van der Waals surface area contributed by atoms with Crippen molar-refractivity contribution in [3.63, 3.8) is 0 Å². The Morgan fingerprint density at radius 2 is 2.26 bits per heavy atom. The van der Waals surface area contributed by atoms with E-state index in [1.807, 2.05) is 0 Å². The first-order chi connectivity index (χ1) is 9.19. The van der Waals surface area contributed by atoms with Gasteiger partial charge in [-0.15, -0.1) is 6.58 Å². The van der Waals surface area contributed by atoms with E-state index < -0.39 is 5.97 Å². The van der Waals surface area contributed by atoms with Crippen LogP contribution < -0.4 is 19.5 Å². The Morgan fingerprint density at radius 3 is 3.05 bits per heavy atom. The van der Waals surface area contributed by atoms with Crippen molar-refractivity contribution >= 4 is 5.97 Å². The van der Waals surface area contributed by atoms with E-state index >= 15 is 0 Å². The van der Waals surface area contributed by atoms with Crippen molar-refractivity contribution in [2.45, 2.75) is 6.92 Å². The van der Waals surface area contributed by atoms with E-state index in [0.717, 1.165) is 0 Å². The fourth-order valence-corrected chi connectivity index (χ4v) is 1.55. The summed E-state index contributed by atoms with van der Waals surface area (Å²) in [6.45, 7) is 6.15. The average Bonchev–Trinajstić information content (AvgIpc) is 2.83. The number of nitrogens with one attached hydrogen (secondary N) is 1. The lowest BCUT2D eigenvalue weighted by molar-refractivity contribution is -0.129. The van der Waals surface area contributed by atoms with Gasteiger partial charge in [0, 0.05) is 24.4 Å². The van der Waals surface area contributed by atoms with E-state index in [-0.39, 0.29) is 6.79 Å². The first-order valence-corrected chi connectivity index (χ1v) is 5.83. The highest BCUT2D eigenvalue weighted by atomic mass is 16.7. The third-order valence-electron chi connectivity index (χ3n) is 2.42. The second kappa shape index (κ2) is 5.95. The van der Waals surface area contributed by atoms with E-state index in [0.29, 0.717) is 29.5 Å². The van der Waals surface area contributed by atoms with Crippen molar-refractivity contribution in [1.82, 2.24) is 5.32 Å². The number of hydrogen-bond acceptors (Lipinski definition) is 5. The van der Waals surface area contributed by atoms with Crippen LogP contribution in [0.2, 0.25) is 0 Å². The minimum absolute atomic E-state index is 0.192. The van der Waals surface area contributed by atoms with Gasteiger partial charge in [-0.2, -0.15) is 0 Å². The van der Waals surface area contributed by atoms with Crippen LogP contribution in [0.5, 0.6) is 17.2 Å². The van der Waals surface area contributed by atoms with Gasteiger partial charge in [-0.1, -0.05) is 6.08 Å². The minimum atomic E-state index is -0.451. The minimum Gasteiger partial charge on any atom is -0.454 e. The number of benzene rings is 1. The molecule has 5 heteroatoms. The second-order valence-corrected chi connectivity index (χ2v) is 3.93. The molecule has 1 heterocycles. The highest BCUT2D eigenvalue weighted by Crippen LogP contribution is 2.35. The van der Waals surface area contributed by atoms with Crippen LogP contribution in [0.3, 0.4) is 0 Å². The second-order valence-electron chi connectivity index (χ2n) is 3.93. The summed E-state index contributed by atoms with van der Waals surface area (Å²) in [5.41, 5.74) is 0.714. The molecule has 1 aliphatic rings. The SMILES string of the molecule is C=CCN/C(C)=C\C(=O)Oc1ccc2c(c1)OCO2. The Labute approximate surface area is 111 Å². The fourth-order valence-electron chi connectivity index (χ4n) is 1.55. The third kappa shape index (κ3) is 3.51. The van der Waals surface area contributed by atoms with Crippen LogP contribution in [0.4, 0.5) is 0 Å². The molecule has 0 saturated heterocycles. The highest BCUT2D eigenvalue weighted by Gasteiger charge is 2.14. The van der Waals surface area contributed by atoms with Crippen molar-refractivity contribution < 1.29 is 19.0 Å². The molecule has 0 saturated carbocycles. The Hall–Kier alpha value is -2.43. The van der Waals surface area contributed by atoms with E-state index in [9.17, 15) is 4.79 Å². The van der Waals surface area contributed by atoms with Gasteiger partial charge < -0.3 is 19.5 Å². The zero-order chi connectivity index (χ0) is 13.7. The van der Waals surface area contributed by atoms with E-state index in [1.54, 1.807) is 31.2 Å². The van der Waals surface area contributed by atoms with Crippen LogP contribution >= 0.6 is 0 Å². The molecule has 0 aromatic heterocycles. The molecule has 0 bridgehead atoms. The van der Waals surface area contributed by atoms with Crippen molar-refractivity contribution in [3.8, 4) is 17.2 Å². The number of allylic oxidation sites excluding steroid dienone is 1. The van der Waals surface area contributed by atoms with Gasteiger partial charge in [-0.25, -0.2) is 4.79 Å². The monoisotopic (exact) mass is 261 g/mol. The lowest BCUT2D eigenvalue weighted by atomic mass is 10.3. The van der Waals surface area contributed by atoms with Gasteiger partial charge in [0.05, 0.1) is 0 Å². The van der Waals surface area contributed by atoms with Gasteiger partial charge in [0.15, 0.2) is 11.5 Å². The first-order valence-electron chi connectivity index (χ1n) is 5.83. The van der Waals surface area contributed by atoms with Gasteiger partial charge in [0.1, 0.15) is 5.75 Å². The van der Waals surface area contributed by atoms with E-state index in [1.165, 1.54) is 6.08 Å². The quantitative estimate of drug-likeness (QED) is 0.380. The Kier molecular flexibility index (Phi) is 4.07. The standard InChI is InChI=1S/C14H15NO4/c1-3-6-15-10(2)7-14(16)19-11-4-5-12-13(8-11)18-9-17-12/h3-5,7-8,15H,1,6,9H2,2H3/b10-7-. The molecule has 0 radical (unpaired) electrons. The zero-order valence-electron chi connectivity index (χ0n) is 10.6. The molecule has 1 N–H and O–H groups in total. The summed E-state index contributed by atoms with van der Waals surface area (Å²) in [4.78, 5) is 11.6. The third-order valence-corrected chi connectivity index (χ3v) is 2.42. The Morgan fingerprint density at radius 1 is 1.47 bits per heavy atom. The van der Waals surface area contributed by atoms with Crippen molar-refractivity contribution in [2.24, 2.45) is 0 Å². The highest BCUT2D eigenvalue weighted by molar-refractivity contribution is 5.84. The summed E-state index contributed by atoms with van der Waals surface area (Å²) in [6, 6.07) is 4.99. The number of fused-ring (bicyclic) bond motifs is 1. The summed E-state index contributed by atoms with van der Waals surface area (Å²) in [5.74, 6) is 1.20. The predicted molar refractivity (Wildman–Crippen MR) is 70.2 cm³/mol. The molecule has 1 aromatic carbocycles. The summed E-state index contributed by atoms with van der Waals surface area (Å²) in [7, 11) is 0. The molecule has 19 heavy (non-hydrogen) atoms. The van der Waals surface area contributed by atoms with Gasteiger partial charge >= 0.3 is 5.97 Å². The number of ether oxygens (including phenoxy) is 3. The summed E-state index contributed by atoms with van der Waals surface area (Å²) in [5, 5.41) is 2.99. The molecule has 0 atom stereocenters. The summed E-state index contributed by atoms with van der Waals surface area (Å²) in [6.07, 6.45) is 3.09. The van der Waals surface area contributed by atoms with Gasteiger partial charge in [-0.05, 0) is 19.1 Å². The maximum Gasteiger partial charge on any atom is 0.337 e. The molecule has 0 fully saturated rings. The lowest BCUT2D eigenvalue weighted by Crippen LogP contribution is -2.14. The number of hydrogen-bond donors (Lipinski definition) is 1. The predicted octanol–water partition coefficient (Wildman–Crippen LogP) is 2.00. The Bertz CT molecular complexity index is 522. The number of esters is 1. The lowest BCUT2D eigenvalue weighted by Gasteiger charge is -2.05. The van der Waals surface area contributed by atoms with Gasteiger partial charge in [0.2, 0.25) is 6.79 Å². The van der Waals surface area contributed by atoms with Crippen LogP contribution in [-0.4, -0.2) is 19.3 Å². The maximum atomic E-state index is 11.6.